The van der Waals surface area contributed by atoms with Crippen molar-refractivity contribution < 1.29 is 14.3 Å². The molecule has 1 fully saturated rings. The van der Waals surface area contributed by atoms with Gasteiger partial charge in [0.2, 0.25) is 5.91 Å². The summed E-state index contributed by atoms with van der Waals surface area (Å²) in [5, 5.41) is 6.80. The number of hydrogen-bond donors (Lipinski definition) is 2. The number of likely N-dealkylation sites (N-methyl/N-ethyl adjacent to an activating group) is 1. The number of fused-ring (bicyclic) bond motifs is 1. The van der Waals surface area contributed by atoms with Gasteiger partial charge in [-0.3, -0.25) is 4.79 Å². The van der Waals surface area contributed by atoms with Crippen LogP contribution in [0.15, 0.2) is 29.3 Å². The van der Waals surface area contributed by atoms with E-state index in [-0.39, 0.29) is 24.6 Å². The van der Waals surface area contributed by atoms with Crippen LogP contribution >= 0.6 is 0 Å². The van der Waals surface area contributed by atoms with Gasteiger partial charge in [-0.1, -0.05) is 18.2 Å². The fraction of sp³-hybridized carbons (Fsp3) is 0.579. The molecule has 7 nitrogen and oxygen atoms in total. The second-order valence-electron chi connectivity index (χ2n) is 6.84. The van der Waals surface area contributed by atoms with Crippen LogP contribution in [0, 0.1) is 0 Å². The maximum absolute atomic E-state index is 11.9. The van der Waals surface area contributed by atoms with E-state index in [1.165, 1.54) is 0 Å². The molecule has 0 spiro atoms. The Morgan fingerprint density at radius 3 is 2.88 bits per heavy atom. The number of ether oxygens (including phenoxy) is 2. The van der Waals surface area contributed by atoms with Crippen molar-refractivity contribution >= 4 is 11.9 Å². The number of carbonyl (C=O) groups excluding carboxylic acids is 1. The number of amides is 1. The predicted octanol–water partition coefficient (Wildman–Crippen LogP) is 1.31. The first-order valence-electron chi connectivity index (χ1n) is 9.22. The van der Waals surface area contributed by atoms with Gasteiger partial charge in [-0.25, -0.2) is 4.99 Å². The molecule has 1 amide bonds. The van der Waals surface area contributed by atoms with Crippen molar-refractivity contribution in [3.8, 4) is 5.75 Å². The Kier molecular flexibility index (Phi) is 6.33. The van der Waals surface area contributed by atoms with Gasteiger partial charge >= 0.3 is 0 Å². The van der Waals surface area contributed by atoms with Crippen LogP contribution in [0.5, 0.6) is 5.75 Å². The number of aliphatic imine (C=N–C) groups is 1. The molecule has 0 bridgehead atoms. The summed E-state index contributed by atoms with van der Waals surface area (Å²) in [6.45, 7) is 2.27. The lowest BCUT2D eigenvalue weighted by molar-refractivity contribution is -0.127. The summed E-state index contributed by atoms with van der Waals surface area (Å²) in [6.07, 6.45) is 3.20. The highest BCUT2D eigenvalue weighted by atomic mass is 16.5. The van der Waals surface area contributed by atoms with Gasteiger partial charge in [0.05, 0.1) is 18.8 Å². The van der Waals surface area contributed by atoms with E-state index in [1.807, 2.05) is 18.2 Å². The molecule has 3 rings (SSSR count). The summed E-state index contributed by atoms with van der Waals surface area (Å²) in [6, 6.07) is 8.13. The average molecular weight is 360 g/mol. The predicted molar refractivity (Wildman–Crippen MR) is 100 cm³/mol. The summed E-state index contributed by atoms with van der Waals surface area (Å²) < 4.78 is 11.4. The van der Waals surface area contributed by atoms with Gasteiger partial charge in [0.25, 0.3) is 0 Å². The molecule has 1 aromatic carbocycles. The zero-order valence-electron chi connectivity index (χ0n) is 15.5. The Morgan fingerprint density at radius 2 is 2.12 bits per heavy atom. The Balaban J connectivity index is 1.68. The molecule has 2 heterocycles. The molecule has 0 aliphatic carbocycles. The lowest BCUT2D eigenvalue weighted by Crippen LogP contribution is -2.44. The normalized spacial score (nSPS) is 22.3. The van der Waals surface area contributed by atoms with E-state index in [2.05, 4.69) is 21.7 Å². The third-order valence-electron chi connectivity index (χ3n) is 4.66. The van der Waals surface area contributed by atoms with E-state index < -0.39 is 0 Å². The number of benzene rings is 1. The minimum Gasteiger partial charge on any atom is -0.493 e. The molecule has 7 heteroatoms. The second-order valence-corrected chi connectivity index (χ2v) is 6.84. The van der Waals surface area contributed by atoms with E-state index in [9.17, 15) is 4.79 Å². The van der Waals surface area contributed by atoms with Crippen LogP contribution in [-0.4, -0.2) is 63.3 Å². The Morgan fingerprint density at radius 1 is 1.27 bits per heavy atom. The molecule has 1 aromatic rings. The lowest BCUT2D eigenvalue weighted by atomic mass is 10.0. The van der Waals surface area contributed by atoms with Crippen molar-refractivity contribution in [1.82, 2.24) is 15.5 Å². The average Bonchev–Trinajstić information content (AvgIpc) is 3.17. The van der Waals surface area contributed by atoms with Gasteiger partial charge in [-0.05, 0) is 18.9 Å². The van der Waals surface area contributed by atoms with Crippen LogP contribution in [0.1, 0.15) is 30.9 Å². The molecule has 26 heavy (non-hydrogen) atoms. The maximum atomic E-state index is 11.9. The number of rotatable bonds is 5. The fourth-order valence-electron chi connectivity index (χ4n) is 3.11. The van der Waals surface area contributed by atoms with E-state index in [0.717, 1.165) is 37.2 Å². The smallest absolute Gasteiger partial charge is 0.243 e. The van der Waals surface area contributed by atoms with E-state index in [0.29, 0.717) is 19.1 Å². The summed E-state index contributed by atoms with van der Waals surface area (Å²) in [5.41, 5.74) is 1.12. The standard InChI is InChI=1S/C19H28N4O3/c1-23(2)18(24)13-21-19(20-12-14-6-5-10-25-14)22-16-9-11-26-17-8-4-3-7-15(16)17/h3-4,7-8,14,16H,5-6,9-13H2,1-2H3,(H2,20,21,22). The van der Waals surface area contributed by atoms with Crippen LogP contribution in [0.3, 0.4) is 0 Å². The fourth-order valence-corrected chi connectivity index (χ4v) is 3.11. The molecule has 0 aromatic heterocycles. The van der Waals surface area contributed by atoms with Crippen molar-refractivity contribution in [3.63, 3.8) is 0 Å². The summed E-state index contributed by atoms with van der Waals surface area (Å²) >= 11 is 0. The minimum absolute atomic E-state index is 0.0319. The zero-order valence-corrected chi connectivity index (χ0v) is 15.5. The topological polar surface area (TPSA) is 75.2 Å². The molecule has 2 aliphatic heterocycles. The van der Waals surface area contributed by atoms with Gasteiger partial charge in [-0.15, -0.1) is 0 Å². The van der Waals surface area contributed by atoms with Gasteiger partial charge in [0.1, 0.15) is 12.3 Å². The number of nitrogens with zero attached hydrogens (tertiary/aromatic N) is 2. The summed E-state index contributed by atoms with van der Waals surface area (Å²) in [4.78, 5) is 17.9. The van der Waals surface area contributed by atoms with Crippen LogP contribution in [0.2, 0.25) is 0 Å². The molecule has 2 atom stereocenters. The summed E-state index contributed by atoms with van der Waals surface area (Å²) in [7, 11) is 3.47. The first kappa shape index (κ1) is 18.5. The quantitative estimate of drug-likeness (QED) is 0.612. The van der Waals surface area contributed by atoms with Crippen molar-refractivity contribution in [3.05, 3.63) is 29.8 Å². The van der Waals surface area contributed by atoms with Gasteiger partial charge in [0, 0.05) is 39.2 Å². The van der Waals surface area contributed by atoms with Crippen molar-refractivity contribution in [2.75, 3.05) is 40.4 Å². The minimum atomic E-state index is -0.0319. The molecule has 0 radical (unpaired) electrons. The third kappa shape index (κ3) is 4.88. The highest BCUT2D eigenvalue weighted by Gasteiger charge is 2.23. The molecular weight excluding hydrogens is 332 g/mol. The molecule has 0 saturated carbocycles. The second kappa shape index (κ2) is 8.89. The number of carbonyl (C=O) groups is 1. The Hall–Kier alpha value is -2.28. The van der Waals surface area contributed by atoms with E-state index in [1.54, 1.807) is 19.0 Å². The Labute approximate surface area is 154 Å². The monoisotopic (exact) mass is 360 g/mol. The number of nitrogens with one attached hydrogen (secondary N) is 2. The van der Waals surface area contributed by atoms with Crippen LogP contribution in [0.4, 0.5) is 0 Å². The molecular formula is C19H28N4O3. The zero-order chi connectivity index (χ0) is 18.4. The van der Waals surface area contributed by atoms with Gasteiger partial charge < -0.3 is 25.0 Å². The summed E-state index contributed by atoms with van der Waals surface area (Å²) in [5.74, 6) is 1.51. The van der Waals surface area contributed by atoms with Crippen LogP contribution < -0.4 is 15.4 Å². The third-order valence-corrected chi connectivity index (χ3v) is 4.66. The maximum Gasteiger partial charge on any atom is 0.243 e. The molecule has 2 N–H and O–H groups in total. The molecule has 2 aliphatic rings. The first-order valence-corrected chi connectivity index (χ1v) is 9.22. The van der Waals surface area contributed by atoms with Gasteiger partial charge in [-0.2, -0.15) is 0 Å². The molecule has 142 valence electrons. The van der Waals surface area contributed by atoms with Crippen molar-refractivity contribution in [2.24, 2.45) is 4.99 Å². The number of hydrogen-bond acceptors (Lipinski definition) is 4. The van der Waals surface area contributed by atoms with E-state index in [4.69, 9.17) is 9.47 Å². The highest BCUT2D eigenvalue weighted by Crippen LogP contribution is 2.31. The SMILES string of the molecule is CN(C)C(=O)CN=C(NCC1CCCO1)NC1CCOc2ccccc21. The molecule has 1 saturated heterocycles. The number of guanidine groups is 1. The van der Waals surface area contributed by atoms with Crippen molar-refractivity contribution in [1.29, 1.82) is 0 Å². The highest BCUT2D eigenvalue weighted by molar-refractivity contribution is 5.85. The Bertz CT molecular complexity index is 641. The van der Waals surface area contributed by atoms with Gasteiger partial charge in [0.15, 0.2) is 5.96 Å². The van der Waals surface area contributed by atoms with E-state index >= 15 is 0 Å². The largest absolute Gasteiger partial charge is 0.493 e. The first-order chi connectivity index (χ1) is 12.6. The van der Waals surface area contributed by atoms with Crippen molar-refractivity contribution in [2.45, 2.75) is 31.4 Å². The van der Waals surface area contributed by atoms with Crippen LogP contribution in [-0.2, 0) is 9.53 Å². The van der Waals surface area contributed by atoms with Crippen LogP contribution in [0.25, 0.3) is 0 Å². The lowest BCUT2D eigenvalue weighted by Gasteiger charge is -2.28. The molecule has 2 unspecified atom stereocenters. The number of para-hydroxylation sites is 1.